The van der Waals surface area contributed by atoms with E-state index in [1.165, 1.54) is 53.2 Å². The molecule has 0 aliphatic carbocycles. The molecule has 116 valence electrons. The minimum atomic E-state index is -0.708. The van der Waals surface area contributed by atoms with Gasteiger partial charge in [-0.15, -0.1) is 0 Å². The molecule has 0 saturated heterocycles. The number of benzene rings is 2. The SMILES string of the molecule is O=C(Nc1cccc(Cl)c1F)c1ccn(-c2ccc(F)cc2)n1. The fourth-order valence-corrected chi connectivity index (χ4v) is 2.14. The number of aromatic nitrogens is 2. The maximum Gasteiger partial charge on any atom is 0.276 e. The first kappa shape index (κ1) is 15.2. The second-order valence-electron chi connectivity index (χ2n) is 4.68. The van der Waals surface area contributed by atoms with Crippen molar-refractivity contribution in [2.45, 2.75) is 0 Å². The van der Waals surface area contributed by atoms with E-state index in [9.17, 15) is 13.6 Å². The van der Waals surface area contributed by atoms with Gasteiger partial charge in [-0.25, -0.2) is 13.5 Å². The maximum atomic E-state index is 13.8. The highest BCUT2D eigenvalue weighted by atomic mass is 35.5. The molecular weight excluding hydrogens is 324 g/mol. The first-order valence-corrected chi connectivity index (χ1v) is 6.99. The van der Waals surface area contributed by atoms with Crippen molar-refractivity contribution in [1.29, 1.82) is 0 Å². The summed E-state index contributed by atoms with van der Waals surface area (Å²) >= 11 is 5.66. The molecule has 0 aliphatic rings. The Hall–Kier alpha value is -2.73. The average molecular weight is 334 g/mol. The van der Waals surface area contributed by atoms with Gasteiger partial charge in [0.15, 0.2) is 11.5 Å². The molecule has 0 unspecified atom stereocenters. The van der Waals surface area contributed by atoms with Crippen molar-refractivity contribution in [1.82, 2.24) is 9.78 Å². The number of halogens is 3. The highest BCUT2D eigenvalue weighted by molar-refractivity contribution is 6.31. The quantitative estimate of drug-likeness (QED) is 0.785. The first-order chi connectivity index (χ1) is 11.0. The lowest BCUT2D eigenvalue weighted by Crippen LogP contribution is -2.14. The molecule has 0 atom stereocenters. The number of hydrogen-bond donors (Lipinski definition) is 1. The van der Waals surface area contributed by atoms with Crippen LogP contribution in [0.2, 0.25) is 5.02 Å². The summed E-state index contributed by atoms with van der Waals surface area (Å²) in [6, 6.07) is 11.4. The van der Waals surface area contributed by atoms with Crippen LogP contribution >= 0.6 is 11.6 Å². The Labute approximate surface area is 135 Å². The van der Waals surface area contributed by atoms with Gasteiger partial charge in [-0.3, -0.25) is 4.79 Å². The van der Waals surface area contributed by atoms with E-state index in [1.807, 2.05) is 0 Å². The number of rotatable bonds is 3. The van der Waals surface area contributed by atoms with Crippen LogP contribution in [0.5, 0.6) is 0 Å². The van der Waals surface area contributed by atoms with E-state index in [2.05, 4.69) is 10.4 Å². The van der Waals surface area contributed by atoms with Gasteiger partial charge >= 0.3 is 0 Å². The highest BCUT2D eigenvalue weighted by Gasteiger charge is 2.14. The van der Waals surface area contributed by atoms with Crippen molar-refractivity contribution in [3.8, 4) is 5.69 Å². The van der Waals surface area contributed by atoms with Gasteiger partial charge in [0.05, 0.1) is 16.4 Å². The second-order valence-corrected chi connectivity index (χ2v) is 5.08. The van der Waals surface area contributed by atoms with Crippen LogP contribution in [0.3, 0.4) is 0 Å². The Morgan fingerprint density at radius 2 is 1.83 bits per heavy atom. The summed E-state index contributed by atoms with van der Waals surface area (Å²) in [5.74, 6) is -1.65. The van der Waals surface area contributed by atoms with E-state index in [1.54, 1.807) is 6.20 Å². The van der Waals surface area contributed by atoms with Crippen LogP contribution in [0.15, 0.2) is 54.7 Å². The van der Waals surface area contributed by atoms with Crippen LogP contribution in [0.4, 0.5) is 14.5 Å². The molecular formula is C16H10ClF2N3O. The van der Waals surface area contributed by atoms with Crippen molar-refractivity contribution in [3.05, 3.63) is 77.1 Å². The Morgan fingerprint density at radius 1 is 1.09 bits per heavy atom. The summed E-state index contributed by atoms with van der Waals surface area (Å²) in [4.78, 5) is 12.1. The van der Waals surface area contributed by atoms with Crippen LogP contribution in [-0.2, 0) is 0 Å². The minimum Gasteiger partial charge on any atom is -0.318 e. The summed E-state index contributed by atoms with van der Waals surface area (Å²) in [6.45, 7) is 0. The standard InChI is InChI=1S/C16H10ClF2N3O/c17-12-2-1-3-13(15(12)19)20-16(23)14-8-9-22(21-14)11-6-4-10(18)5-7-11/h1-9H,(H,20,23). The number of anilines is 1. The molecule has 23 heavy (non-hydrogen) atoms. The Balaban J connectivity index is 1.81. The smallest absolute Gasteiger partial charge is 0.276 e. The van der Waals surface area contributed by atoms with Gasteiger partial charge in [-0.1, -0.05) is 17.7 Å². The number of carbonyl (C=O) groups excluding carboxylic acids is 1. The minimum absolute atomic E-state index is 0.0289. The third kappa shape index (κ3) is 3.22. The van der Waals surface area contributed by atoms with Crippen molar-refractivity contribution >= 4 is 23.2 Å². The number of nitrogens with one attached hydrogen (secondary N) is 1. The third-order valence-corrected chi connectivity index (χ3v) is 3.40. The Kier molecular flexibility index (Phi) is 4.08. The molecule has 2 aromatic carbocycles. The molecule has 3 aromatic rings. The van der Waals surface area contributed by atoms with Crippen molar-refractivity contribution in [3.63, 3.8) is 0 Å². The zero-order valence-corrected chi connectivity index (χ0v) is 12.4. The van der Waals surface area contributed by atoms with E-state index < -0.39 is 11.7 Å². The second kappa shape index (κ2) is 6.18. The van der Waals surface area contributed by atoms with Crippen LogP contribution in [-0.4, -0.2) is 15.7 Å². The van der Waals surface area contributed by atoms with Gasteiger partial charge in [-0.2, -0.15) is 5.10 Å². The fourth-order valence-electron chi connectivity index (χ4n) is 1.97. The van der Waals surface area contributed by atoms with E-state index >= 15 is 0 Å². The summed E-state index contributed by atoms with van der Waals surface area (Å²) < 4.78 is 28.1. The molecule has 0 radical (unpaired) electrons. The van der Waals surface area contributed by atoms with Gasteiger partial charge < -0.3 is 5.32 Å². The normalized spacial score (nSPS) is 10.6. The monoisotopic (exact) mass is 333 g/mol. The van der Waals surface area contributed by atoms with E-state index in [-0.39, 0.29) is 22.2 Å². The maximum absolute atomic E-state index is 13.8. The van der Waals surface area contributed by atoms with Crippen LogP contribution in [0, 0.1) is 11.6 Å². The van der Waals surface area contributed by atoms with Gasteiger partial charge in [0.1, 0.15) is 5.82 Å². The third-order valence-electron chi connectivity index (χ3n) is 3.11. The predicted molar refractivity (Wildman–Crippen MR) is 82.9 cm³/mol. The summed E-state index contributed by atoms with van der Waals surface area (Å²) in [7, 11) is 0. The highest BCUT2D eigenvalue weighted by Crippen LogP contribution is 2.22. The molecule has 1 N–H and O–H groups in total. The van der Waals surface area contributed by atoms with E-state index in [0.29, 0.717) is 5.69 Å². The van der Waals surface area contributed by atoms with Crippen LogP contribution < -0.4 is 5.32 Å². The van der Waals surface area contributed by atoms with Gasteiger partial charge in [0.2, 0.25) is 0 Å². The number of amides is 1. The van der Waals surface area contributed by atoms with Gasteiger partial charge in [0, 0.05) is 6.20 Å². The lowest BCUT2D eigenvalue weighted by atomic mass is 10.3. The molecule has 0 spiro atoms. The van der Waals surface area contributed by atoms with Crippen LogP contribution in [0.25, 0.3) is 5.69 Å². The molecule has 0 fully saturated rings. The number of carbonyl (C=O) groups is 1. The summed E-state index contributed by atoms with van der Waals surface area (Å²) in [5, 5.41) is 6.41. The number of hydrogen-bond acceptors (Lipinski definition) is 2. The van der Waals surface area contributed by atoms with Crippen molar-refractivity contribution in [2.75, 3.05) is 5.32 Å². The van der Waals surface area contributed by atoms with E-state index in [0.717, 1.165) is 0 Å². The zero-order valence-electron chi connectivity index (χ0n) is 11.6. The van der Waals surface area contributed by atoms with Gasteiger partial charge in [0.25, 0.3) is 5.91 Å². The molecule has 1 amide bonds. The molecule has 1 aromatic heterocycles. The first-order valence-electron chi connectivity index (χ1n) is 6.61. The molecule has 0 aliphatic heterocycles. The molecule has 0 saturated carbocycles. The topological polar surface area (TPSA) is 46.9 Å². The molecule has 7 heteroatoms. The lowest BCUT2D eigenvalue weighted by molar-refractivity contribution is 0.102. The predicted octanol–water partition coefficient (Wildman–Crippen LogP) is 4.06. The van der Waals surface area contributed by atoms with Gasteiger partial charge in [-0.05, 0) is 42.5 Å². The largest absolute Gasteiger partial charge is 0.318 e. The average Bonchev–Trinajstić information content (AvgIpc) is 3.02. The fraction of sp³-hybridized carbons (Fsp3) is 0. The summed E-state index contributed by atoms with van der Waals surface area (Å²) in [6.07, 6.45) is 1.55. The van der Waals surface area contributed by atoms with Crippen molar-refractivity contribution < 1.29 is 13.6 Å². The Bertz CT molecular complexity index is 862. The molecule has 1 heterocycles. The zero-order chi connectivity index (χ0) is 16.4. The molecule has 3 rings (SSSR count). The molecule has 0 bridgehead atoms. The Morgan fingerprint density at radius 3 is 2.57 bits per heavy atom. The van der Waals surface area contributed by atoms with Crippen LogP contribution in [0.1, 0.15) is 10.5 Å². The number of nitrogens with zero attached hydrogens (tertiary/aromatic N) is 2. The molecule has 4 nitrogen and oxygen atoms in total. The lowest BCUT2D eigenvalue weighted by Gasteiger charge is -2.05. The summed E-state index contributed by atoms with van der Waals surface area (Å²) in [5.41, 5.74) is 0.659. The van der Waals surface area contributed by atoms with E-state index in [4.69, 9.17) is 11.6 Å². The van der Waals surface area contributed by atoms with Crippen molar-refractivity contribution in [2.24, 2.45) is 0 Å².